The van der Waals surface area contributed by atoms with Gasteiger partial charge in [-0.25, -0.2) is 4.98 Å². The fourth-order valence-electron chi connectivity index (χ4n) is 3.06. The van der Waals surface area contributed by atoms with E-state index in [4.69, 9.17) is 4.98 Å². The summed E-state index contributed by atoms with van der Waals surface area (Å²) in [6, 6.07) is 31.9. The van der Waals surface area contributed by atoms with Crippen LogP contribution >= 0.6 is 15.9 Å². The molecular weight excluding hydrogens is 398 g/mol. The minimum absolute atomic E-state index is 0.637. The van der Waals surface area contributed by atoms with Crippen molar-refractivity contribution in [1.29, 1.82) is 0 Å². The van der Waals surface area contributed by atoms with E-state index >= 15 is 0 Å². The summed E-state index contributed by atoms with van der Waals surface area (Å²) in [7, 11) is 0. The molecule has 4 aromatic rings. The molecule has 0 aliphatic carbocycles. The molecule has 1 aromatic heterocycles. The van der Waals surface area contributed by atoms with Crippen molar-refractivity contribution in [2.75, 3.05) is 0 Å². The second-order valence-electron chi connectivity index (χ2n) is 6.35. The minimum Gasteiger partial charge on any atom is -0.382 e. The number of nitrogens with zero attached hydrogens (tertiary/aromatic N) is 1. The van der Waals surface area contributed by atoms with Crippen molar-refractivity contribution < 1.29 is 5.11 Å². The molecule has 0 saturated heterocycles. The summed E-state index contributed by atoms with van der Waals surface area (Å²) in [6.07, 6.45) is -0.788. The van der Waals surface area contributed by atoms with Gasteiger partial charge in [-0.15, -0.1) is 0 Å². The predicted molar refractivity (Wildman–Crippen MR) is 113 cm³/mol. The average molecular weight is 416 g/mol. The molecule has 1 heterocycles. The number of aliphatic hydroxyl groups excluding tert-OH is 1. The van der Waals surface area contributed by atoms with Crippen molar-refractivity contribution in [2.45, 2.75) is 6.10 Å². The van der Waals surface area contributed by atoms with E-state index < -0.39 is 6.10 Å². The summed E-state index contributed by atoms with van der Waals surface area (Å²) < 4.78 is 0.981. The molecule has 3 heteroatoms. The molecule has 0 radical (unpaired) electrons. The zero-order chi connectivity index (χ0) is 18.6. The van der Waals surface area contributed by atoms with E-state index in [1.807, 2.05) is 78.9 Å². The van der Waals surface area contributed by atoms with Crippen LogP contribution in [0.3, 0.4) is 0 Å². The third kappa shape index (κ3) is 4.00. The van der Waals surface area contributed by atoms with Crippen LogP contribution in [0.15, 0.2) is 102 Å². The van der Waals surface area contributed by atoms with Crippen LogP contribution in [0.1, 0.15) is 17.4 Å². The SMILES string of the molecule is OC(c1ccc(Br)cc1)c1cc(-c2ccccc2)cc(-c2ccccc2)n1. The Morgan fingerprint density at radius 3 is 1.89 bits per heavy atom. The molecule has 4 rings (SSSR count). The summed E-state index contributed by atoms with van der Waals surface area (Å²) in [5, 5.41) is 10.9. The maximum absolute atomic E-state index is 10.9. The van der Waals surface area contributed by atoms with Gasteiger partial charge in [-0.3, -0.25) is 0 Å². The highest BCUT2D eigenvalue weighted by molar-refractivity contribution is 9.10. The summed E-state index contributed by atoms with van der Waals surface area (Å²) >= 11 is 3.44. The van der Waals surface area contributed by atoms with Crippen LogP contribution in [0, 0.1) is 0 Å². The molecule has 0 aliphatic rings. The first-order valence-electron chi connectivity index (χ1n) is 8.77. The molecule has 0 fully saturated rings. The van der Waals surface area contributed by atoms with E-state index in [9.17, 15) is 5.11 Å². The van der Waals surface area contributed by atoms with Gasteiger partial charge in [0.05, 0.1) is 11.4 Å². The Labute approximate surface area is 167 Å². The molecule has 0 amide bonds. The Morgan fingerprint density at radius 2 is 1.26 bits per heavy atom. The van der Waals surface area contributed by atoms with E-state index in [0.29, 0.717) is 5.69 Å². The van der Waals surface area contributed by atoms with Gasteiger partial charge in [-0.1, -0.05) is 88.7 Å². The largest absolute Gasteiger partial charge is 0.382 e. The highest BCUT2D eigenvalue weighted by Crippen LogP contribution is 2.30. The lowest BCUT2D eigenvalue weighted by Crippen LogP contribution is -2.04. The van der Waals surface area contributed by atoms with Gasteiger partial charge in [0, 0.05) is 10.0 Å². The van der Waals surface area contributed by atoms with E-state index in [2.05, 4.69) is 34.1 Å². The smallest absolute Gasteiger partial charge is 0.121 e. The Bertz CT molecular complexity index is 973. The number of aliphatic hydroxyl groups is 1. The molecule has 0 saturated carbocycles. The van der Waals surface area contributed by atoms with Crippen LogP contribution < -0.4 is 0 Å². The van der Waals surface area contributed by atoms with Crippen molar-refractivity contribution in [2.24, 2.45) is 0 Å². The van der Waals surface area contributed by atoms with Crippen LogP contribution in [0.25, 0.3) is 22.4 Å². The lowest BCUT2D eigenvalue weighted by molar-refractivity contribution is 0.215. The zero-order valence-electron chi connectivity index (χ0n) is 14.6. The summed E-state index contributed by atoms with van der Waals surface area (Å²) in [5.41, 5.74) is 5.46. The lowest BCUT2D eigenvalue weighted by atomic mass is 9.99. The second kappa shape index (κ2) is 7.87. The highest BCUT2D eigenvalue weighted by atomic mass is 79.9. The minimum atomic E-state index is -0.788. The van der Waals surface area contributed by atoms with Gasteiger partial charge in [-0.05, 0) is 41.0 Å². The monoisotopic (exact) mass is 415 g/mol. The van der Waals surface area contributed by atoms with Crippen LogP contribution in [0.2, 0.25) is 0 Å². The normalized spacial score (nSPS) is 11.9. The Hall–Kier alpha value is -2.75. The average Bonchev–Trinajstić information content (AvgIpc) is 2.75. The van der Waals surface area contributed by atoms with Crippen LogP contribution in [0.5, 0.6) is 0 Å². The molecule has 0 bridgehead atoms. The Morgan fingerprint density at radius 1 is 0.667 bits per heavy atom. The molecular formula is C24H18BrNO. The number of benzene rings is 3. The third-order valence-electron chi connectivity index (χ3n) is 4.49. The molecule has 1 unspecified atom stereocenters. The van der Waals surface area contributed by atoms with Crippen molar-refractivity contribution in [3.8, 4) is 22.4 Å². The number of hydrogen-bond donors (Lipinski definition) is 1. The molecule has 27 heavy (non-hydrogen) atoms. The van der Waals surface area contributed by atoms with E-state index in [-0.39, 0.29) is 0 Å². The molecule has 0 aliphatic heterocycles. The fraction of sp³-hybridized carbons (Fsp3) is 0.0417. The van der Waals surface area contributed by atoms with Crippen LogP contribution in [-0.2, 0) is 0 Å². The maximum Gasteiger partial charge on any atom is 0.121 e. The van der Waals surface area contributed by atoms with Gasteiger partial charge >= 0.3 is 0 Å². The lowest BCUT2D eigenvalue weighted by Gasteiger charge is -2.15. The quantitative estimate of drug-likeness (QED) is 0.426. The first-order valence-corrected chi connectivity index (χ1v) is 9.56. The van der Waals surface area contributed by atoms with Gasteiger partial charge in [0.1, 0.15) is 6.10 Å². The van der Waals surface area contributed by atoms with Crippen LogP contribution in [0.4, 0.5) is 0 Å². The van der Waals surface area contributed by atoms with E-state index in [0.717, 1.165) is 32.4 Å². The first kappa shape index (κ1) is 17.7. The number of rotatable bonds is 4. The Balaban J connectivity index is 1.84. The van der Waals surface area contributed by atoms with Gasteiger partial charge in [0.15, 0.2) is 0 Å². The van der Waals surface area contributed by atoms with Crippen molar-refractivity contribution in [3.63, 3.8) is 0 Å². The third-order valence-corrected chi connectivity index (χ3v) is 5.02. The summed E-state index contributed by atoms with van der Waals surface area (Å²) in [6.45, 7) is 0. The van der Waals surface area contributed by atoms with E-state index in [1.54, 1.807) is 0 Å². The van der Waals surface area contributed by atoms with Crippen molar-refractivity contribution in [1.82, 2.24) is 4.98 Å². The molecule has 1 N–H and O–H groups in total. The molecule has 2 nitrogen and oxygen atoms in total. The van der Waals surface area contributed by atoms with E-state index in [1.165, 1.54) is 0 Å². The van der Waals surface area contributed by atoms with Gasteiger partial charge < -0.3 is 5.11 Å². The molecule has 132 valence electrons. The van der Waals surface area contributed by atoms with Gasteiger partial charge in [0.2, 0.25) is 0 Å². The number of pyridine rings is 1. The van der Waals surface area contributed by atoms with Crippen molar-refractivity contribution >= 4 is 15.9 Å². The molecule has 0 spiro atoms. The number of hydrogen-bond acceptors (Lipinski definition) is 2. The predicted octanol–water partition coefficient (Wildman–Crippen LogP) is 6.26. The van der Waals surface area contributed by atoms with Crippen LogP contribution in [-0.4, -0.2) is 10.1 Å². The van der Waals surface area contributed by atoms with Crippen molar-refractivity contribution in [3.05, 3.63) is 113 Å². The molecule has 3 aromatic carbocycles. The first-order chi connectivity index (χ1) is 13.2. The Kier molecular flexibility index (Phi) is 5.14. The zero-order valence-corrected chi connectivity index (χ0v) is 16.2. The summed E-state index contributed by atoms with van der Waals surface area (Å²) in [5.74, 6) is 0. The number of halogens is 1. The highest BCUT2D eigenvalue weighted by Gasteiger charge is 2.15. The van der Waals surface area contributed by atoms with Gasteiger partial charge in [0.25, 0.3) is 0 Å². The summed E-state index contributed by atoms with van der Waals surface area (Å²) in [4.78, 5) is 4.77. The number of aromatic nitrogens is 1. The fourth-order valence-corrected chi connectivity index (χ4v) is 3.33. The molecule has 1 atom stereocenters. The second-order valence-corrected chi connectivity index (χ2v) is 7.27. The van der Waals surface area contributed by atoms with Gasteiger partial charge in [-0.2, -0.15) is 0 Å². The maximum atomic E-state index is 10.9. The topological polar surface area (TPSA) is 33.1 Å². The standard InChI is InChI=1S/C24H18BrNO/c25-21-13-11-19(12-14-21)24(27)23-16-20(17-7-3-1-4-8-17)15-22(26-23)18-9-5-2-6-10-18/h1-16,24,27H.